The average molecular weight is 205 g/mol. The van der Waals surface area contributed by atoms with E-state index in [1.165, 1.54) is 12.1 Å². The van der Waals surface area contributed by atoms with Crippen LogP contribution in [0.15, 0.2) is 18.3 Å². The second-order valence-corrected chi connectivity index (χ2v) is 3.29. The maximum atomic E-state index is 12.4. The van der Waals surface area contributed by atoms with Crippen LogP contribution < -0.4 is 0 Å². The van der Waals surface area contributed by atoms with Crippen molar-refractivity contribution < 1.29 is 13.2 Å². The molecule has 0 saturated carbocycles. The number of hydrogen-bond acceptors (Lipinski definition) is 0. The predicted molar refractivity (Wildman–Crippen MR) is 49.0 cm³/mol. The van der Waals surface area contributed by atoms with Crippen molar-refractivity contribution in [1.82, 2.24) is 4.57 Å². The summed E-state index contributed by atoms with van der Waals surface area (Å²) in [6.45, 7) is 2.03. The maximum absolute atomic E-state index is 12.4. The molecule has 0 spiro atoms. The fourth-order valence-electron chi connectivity index (χ4n) is 1.42. The van der Waals surface area contributed by atoms with E-state index in [0.29, 0.717) is 16.7 Å². The molecule has 0 saturated heterocycles. The minimum Gasteiger partial charge on any atom is -0.263 e. The van der Waals surface area contributed by atoms with Crippen LogP contribution in [-0.2, 0) is 12.7 Å². The fourth-order valence-corrected chi connectivity index (χ4v) is 1.42. The summed E-state index contributed by atoms with van der Waals surface area (Å²) in [5.74, 6) is 0. The molecular formula is C10H14F3N. The quantitative estimate of drug-likeness (QED) is 0.660. The Morgan fingerprint density at radius 1 is 1.29 bits per heavy atom. The van der Waals surface area contributed by atoms with Gasteiger partial charge in [-0.3, -0.25) is 4.57 Å². The number of aryl methyl sites for hydroxylation is 1. The zero-order chi connectivity index (χ0) is 10.6. The lowest BCUT2D eigenvalue weighted by Gasteiger charge is -2.12. The van der Waals surface area contributed by atoms with E-state index in [2.05, 4.69) is 0 Å². The van der Waals surface area contributed by atoms with Crippen LogP contribution in [0.25, 0.3) is 0 Å². The first-order chi connectivity index (χ1) is 6.55. The molecule has 1 nitrogen and oxygen atoms in total. The fraction of sp³-hybridized carbons (Fsp3) is 0.600. The highest BCUT2D eigenvalue weighted by Gasteiger charge is 2.31. The molecule has 0 atom stereocenters. The summed E-state index contributed by atoms with van der Waals surface area (Å²) in [6.07, 6.45) is 0.110. The van der Waals surface area contributed by atoms with Crippen LogP contribution in [0, 0.1) is 0 Å². The van der Waals surface area contributed by atoms with Crippen molar-refractivity contribution in [2.24, 2.45) is 0 Å². The predicted octanol–water partition coefficient (Wildman–Crippen LogP) is 3.70. The molecule has 1 aromatic rings. The molecule has 0 radical (unpaired) electrons. The molecule has 0 aromatic carbocycles. The SMILES string of the molecule is CCCCCc1cccn1C(F)(F)F. The van der Waals surface area contributed by atoms with Crippen molar-refractivity contribution in [3.05, 3.63) is 24.0 Å². The average Bonchev–Trinajstić information content (AvgIpc) is 2.52. The highest BCUT2D eigenvalue weighted by molar-refractivity contribution is 5.08. The minimum absolute atomic E-state index is 0.353. The molecule has 0 aliphatic rings. The minimum atomic E-state index is -4.27. The van der Waals surface area contributed by atoms with Gasteiger partial charge in [0.1, 0.15) is 0 Å². The molecule has 4 heteroatoms. The Balaban J connectivity index is 2.63. The largest absolute Gasteiger partial charge is 0.488 e. The normalized spacial score (nSPS) is 12.0. The molecule has 14 heavy (non-hydrogen) atoms. The second-order valence-electron chi connectivity index (χ2n) is 3.29. The highest BCUT2D eigenvalue weighted by Crippen LogP contribution is 2.25. The number of alkyl halides is 3. The number of unbranched alkanes of at least 4 members (excludes halogenated alkanes) is 2. The number of rotatable bonds is 4. The Labute approximate surface area is 81.5 Å². The van der Waals surface area contributed by atoms with Crippen molar-refractivity contribution >= 4 is 0 Å². The van der Waals surface area contributed by atoms with Crippen LogP contribution in [0.1, 0.15) is 31.9 Å². The van der Waals surface area contributed by atoms with Gasteiger partial charge in [0.15, 0.2) is 0 Å². The molecule has 0 N–H and O–H groups in total. The Hall–Kier alpha value is -0.930. The van der Waals surface area contributed by atoms with E-state index in [-0.39, 0.29) is 0 Å². The van der Waals surface area contributed by atoms with Gasteiger partial charge in [-0.05, 0) is 25.0 Å². The number of aromatic nitrogens is 1. The number of hydrogen-bond donors (Lipinski definition) is 0. The Morgan fingerprint density at radius 2 is 2.00 bits per heavy atom. The zero-order valence-corrected chi connectivity index (χ0v) is 8.14. The molecule has 1 aromatic heterocycles. The third-order valence-corrected chi connectivity index (χ3v) is 2.14. The van der Waals surface area contributed by atoms with Crippen LogP contribution in [-0.4, -0.2) is 4.57 Å². The molecule has 0 amide bonds. The molecule has 0 unspecified atom stereocenters. The van der Waals surface area contributed by atoms with Crippen LogP contribution in [0.5, 0.6) is 0 Å². The van der Waals surface area contributed by atoms with E-state index >= 15 is 0 Å². The molecule has 0 fully saturated rings. The molecule has 0 aliphatic heterocycles. The van der Waals surface area contributed by atoms with E-state index < -0.39 is 6.30 Å². The van der Waals surface area contributed by atoms with Crippen LogP contribution in [0.3, 0.4) is 0 Å². The summed E-state index contributed by atoms with van der Waals surface area (Å²) in [7, 11) is 0. The van der Waals surface area contributed by atoms with Crippen molar-refractivity contribution in [2.45, 2.75) is 38.9 Å². The van der Waals surface area contributed by atoms with Gasteiger partial charge >= 0.3 is 6.30 Å². The monoisotopic (exact) mass is 205 g/mol. The Kier molecular flexibility index (Phi) is 3.61. The summed E-state index contributed by atoms with van der Waals surface area (Å²) in [5.41, 5.74) is 0.353. The highest BCUT2D eigenvalue weighted by atomic mass is 19.4. The second kappa shape index (κ2) is 4.53. The zero-order valence-electron chi connectivity index (χ0n) is 8.14. The molecule has 0 aliphatic carbocycles. The number of halogens is 3. The van der Waals surface area contributed by atoms with Gasteiger partial charge in [-0.1, -0.05) is 19.8 Å². The van der Waals surface area contributed by atoms with Crippen molar-refractivity contribution in [2.75, 3.05) is 0 Å². The third-order valence-electron chi connectivity index (χ3n) is 2.14. The van der Waals surface area contributed by atoms with Gasteiger partial charge in [-0.25, -0.2) is 0 Å². The van der Waals surface area contributed by atoms with Gasteiger partial charge in [0.2, 0.25) is 0 Å². The molecular weight excluding hydrogens is 191 g/mol. The lowest BCUT2D eigenvalue weighted by atomic mass is 10.1. The molecule has 0 bridgehead atoms. The third kappa shape index (κ3) is 2.79. The van der Waals surface area contributed by atoms with Gasteiger partial charge in [0.25, 0.3) is 0 Å². The van der Waals surface area contributed by atoms with Gasteiger partial charge in [0, 0.05) is 11.9 Å². The van der Waals surface area contributed by atoms with E-state index in [4.69, 9.17) is 0 Å². The van der Waals surface area contributed by atoms with Crippen molar-refractivity contribution in [1.29, 1.82) is 0 Å². The lowest BCUT2D eigenvalue weighted by molar-refractivity contribution is -0.205. The van der Waals surface area contributed by atoms with E-state index in [9.17, 15) is 13.2 Å². The molecule has 1 rings (SSSR count). The first kappa shape index (κ1) is 11.1. The standard InChI is InChI=1S/C10H14F3N/c1-2-3-4-6-9-7-5-8-14(9)10(11,12)13/h5,7-8H,2-4,6H2,1H3. The van der Waals surface area contributed by atoms with Gasteiger partial charge < -0.3 is 0 Å². The van der Waals surface area contributed by atoms with Crippen LogP contribution >= 0.6 is 0 Å². The lowest BCUT2D eigenvalue weighted by Crippen LogP contribution is -2.18. The van der Waals surface area contributed by atoms with E-state index in [1.807, 2.05) is 6.92 Å². The Morgan fingerprint density at radius 3 is 2.57 bits per heavy atom. The summed E-state index contributed by atoms with van der Waals surface area (Å²) < 4.78 is 37.5. The van der Waals surface area contributed by atoms with Crippen LogP contribution in [0.4, 0.5) is 13.2 Å². The summed E-state index contributed by atoms with van der Waals surface area (Å²) in [6, 6.07) is 2.97. The van der Waals surface area contributed by atoms with Crippen molar-refractivity contribution in [3.63, 3.8) is 0 Å². The van der Waals surface area contributed by atoms with Gasteiger partial charge in [0.05, 0.1) is 0 Å². The maximum Gasteiger partial charge on any atom is 0.488 e. The molecule has 80 valence electrons. The summed E-state index contributed by atoms with van der Waals surface area (Å²) in [5, 5.41) is 0. The smallest absolute Gasteiger partial charge is 0.263 e. The summed E-state index contributed by atoms with van der Waals surface area (Å²) in [4.78, 5) is 0. The van der Waals surface area contributed by atoms with Gasteiger partial charge in [-0.15, -0.1) is 13.2 Å². The van der Waals surface area contributed by atoms with Crippen molar-refractivity contribution in [3.8, 4) is 0 Å². The summed E-state index contributed by atoms with van der Waals surface area (Å²) >= 11 is 0. The number of nitrogens with zero attached hydrogens (tertiary/aromatic N) is 1. The Bertz CT molecular complexity index is 275. The topological polar surface area (TPSA) is 4.93 Å². The van der Waals surface area contributed by atoms with Crippen LogP contribution in [0.2, 0.25) is 0 Å². The molecule has 1 heterocycles. The van der Waals surface area contributed by atoms with E-state index in [1.54, 1.807) is 0 Å². The first-order valence-corrected chi connectivity index (χ1v) is 4.79. The first-order valence-electron chi connectivity index (χ1n) is 4.79. The van der Waals surface area contributed by atoms with E-state index in [0.717, 1.165) is 25.5 Å². The van der Waals surface area contributed by atoms with Gasteiger partial charge in [-0.2, -0.15) is 0 Å².